The Hall–Kier alpha value is -3.34. The number of amides is 2. The minimum atomic E-state index is -0.255. The first-order valence-electron chi connectivity index (χ1n) is 8.41. The molecule has 3 rings (SSSR count). The van der Waals surface area contributed by atoms with Crippen molar-refractivity contribution in [2.75, 3.05) is 6.54 Å². The molecule has 132 valence electrons. The van der Waals surface area contributed by atoms with E-state index in [0.717, 1.165) is 16.7 Å². The molecular formula is C21H20N2O3. The molecule has 3 aromatic rings. The Kier molecular flexibility index (Phi) is 5.83. The van der Waals surface area contributed by atoms with Gasteiger partial charge in [0, 0.05) is 0 Å². The summed E-state index contributed by atoms with van der Waals surface area (Å²) in [6.07, 6.45) is 1.78. The molecule has 2 amide bonds. The molecule has 1 heterocycles. The highest BCUT2D eigenvalue weighted by Crippen LogP contribution is 2.19. The minimum Gasteiger partial charge on any atom is -0.467 e. The van der Waals surface area contributed by atoms with Gasteiger partial charge in [-0.1, -0.05) is 54.6 Å². The molecule has 5 nitrogen and oxygen atoms in total. The lowest BCUT2D eigenvalue weighted by molar-refractivity contribution is -0.125. The van der Waals surface area contributed by atoms with Gasteiger partial charge < -0.3 is 15.1 Å². The second-order valence-electron chi connectivity index (χ2n) is 5.87. The van der Waals surface area contributed by atoms with Crippen molar-refractivity contribution >= 4 is 11.8 Å². The summed E-state index contributed by atoms with van der Waals surface area (Å²) in [5.41, 5.74) is 3.14. The van der Waals surface area contributed by atoms with Crippen molar-refractivity contribution in [3.05, 3.63) is 84.3 Å². The largest absolute Gasteiger partial charge is 0.467 e. The highest BCUT2D eigenvalue weighted by Gasteiger charge is 2.07. The van der Waals surface area contributed by atoms with Gasteiger partial charge in [-0.15, -0.1) is 0 Å². The summed E-state index contributed by atoms with van der Waals surface area (Å²) >= 11 is 0. The molecular weight excluding hydrogens is 328 g/mol. The fourth-order valence-electron chi connectivity index (χ4n) is 2.53. The van der Waals surface area contributed by atoms with Crippen LogP contribution < -0.4 is 10.6 Å². The van der Waals surface area contributed by atoms with Crippen molar-refractivity contribution in [1.82, 2.24) is 10.6 Å². The van der Waals surface area contributed by atoms with Crippen molar-refractivity contribution < 1.29 is 14.0 Å². The molecule has 0 aliphatic rings. The Balaban J connectivity index is 1.43. The van der Waals surface area contributed by atoms with Crippen LogP contribution in [0.25, 0.3) is 11.1 Å². The van der Waals surface area contributed by atoms with Gasteiger partial charge in [0.2, 0.25) is 11.8 Å². The van der Waals surface area contributed by atoms with Crippen LogP contribution in [-0.2, 0) is 22.6 Å². The Morgan fingerprint density at radius 2 is 1.50 bits per heavy atom. The number of carbonyl (C=O) groups is 2. The molecule has 0 unspecified atom stereocenters. The molecule has 0 radical (unpaired) electrons. The van der Waals surface area contributed by atoms with Gasteiger partial charge in [-0.05, 0) is 28.8 Å². The average molecular weight is 348 g/mol. The number of rotatable bonds is 7. The molecule has 0 aliphatic carbocycles. The monoisotopic (exact) mass is 348 g/mol. The predicted octanol–water partition coefficient (Wildman–Crippen LogP) is 2.92. The molecule has 0 saturated heterocycles. The summed E-state index contributed by atoms with van der Waals surface area (Å²) in [5, 5.41) is 5.31. The topological polar surface area (TPSA) is 71.3 Å². The average Bonchev–Trinajstić information content (AvgIpc) is 3.20. The van der Waals surface area contributed by atoms with Crippen molar-refractivity contribution in [3.8, 4) is 11.1 Å². The lowest BCUT2D eigenvalue weighted by atomic mass is 10.0. The van der Waals surface area contributed by atoms with Crippen LogP contribution in [0.4, 0.5) is 0 Å². The first-order valence-corrected chi connectivity index (χ1v) is 8.41. The molecule has 0 bridgehead atoms. The zero-order valence-electron chi connectivity index (χ0n) is 14.3. The molecule has 0 aliphatic heterocycles. The molecule has 0 atom stereocenters. The van der Waals surface area contributed by atoms with Gasteiger partial charge in [-0.25, -0.2) is 0 Å². The van der Waals surface area contributed by atoms with Gasteiger partial charge in [-0.2, -0.15) is 0 Å². The molecule has 0 fully saturated rings. The van der Waals surface area contributed by atoms with E-state index in [4.69, 9.17) is 4.42 Å². The number of carbonyl (C=O) groups excluding carboxylic acids is 2. The SMILES string of the molecule is O=C(CNC(=O)Cc1ccc(-c2ccccc2)cc1)NCc1ccco1. The van der Waals surface area contributed by atoms with Crippen LogP contribution in [0, 0.1) is 0 Å². The summed E-state index contributed by atoms with van der Waals surface area (Å²) in [6.45, 7) is 0.254. The van der Waals surface area contributed by atoms with E-state index in [1.165, 1.54) is 0 Å². The van der Waals surface area contributed by atoms with Crippen molar-refractivity contribution in [2.24, 2.45) is 0 Å². The van der Waals surface area contributed by atoms with Crippen LogP contribution in [0.3, 0.4) is 0 Å². The van der Waals surface area contributed by atoms with Gasteiger partial charge >= 0.3 is 0 Å². The number of hydrogen-bond donors (Lipinski definition) is 2. The first kappa shape index (κ1) is 17.5. The molecule has 26 heavy (non-hydrogen) atoms. The van der Waals surface area contributed by atoms with Crippen molar-refractivity contribution in [1.29, 1.82) is 0 Å². The second-order valence-corrected chi connectivity index (χ2v) is 5.87. The Morgan fingerprint density at radius 1 is 0.769 bits per heavy atom. The van der Waals surface area contributed by atoms with Crippen LogP contribution in [0.2, 0.25) is 0 Å². The van der Waals surface area contributed by atoms with E-state index in [1.807, 2.05) is 54.6 Å². The van der Waals surface area contributed by atoms with Crippen LogP contribution in [0.1, 0.15) is 11.3 Å². The van der Waals surface area contributed by atoms with Gasteiger partial charge in [0.25, 0.3) is 0 Å². The van der Waals surface area contributed by atoms with E-state index >= 15 is 0 Å². The predicted molar refractivity (Wildman–Crippen MR) is 99.1 cm³/mol. The van der Waals surface area contributed by atoms with Gasteiger partial charge in [-0.3, -0.25) is 9.59 Å². The van der Waals surface area contributed by atoms with E-state index in [9.17, 15) is 9.59 Å². The Bertz CT molecular complexity index is 841. The van der Waals surface area contributed by atoms with Crippen LogP contribution >= 0.6 is 0 Å². The third kappa shape index (κ3) is 5.08. The quantitative estimate of drug-likeness (QED) is 0.690. The van der Waals surface area contributed by atoms with Crippen molar-refractivity contribution in [3.63, 3.8) is 0 Å². The fourth-order valence-corrected chi connectivity index (χ4v) is 2.53. The first-order chi connectivity index (χ1) is 12.7. The summed E-state index contributed by atoms with van der Waals surface area (Å²) in [6, 6.07) is 21.4. The number of nitrogens with one attached hydrogen (secondary N) is 2. The van der Waals surface area contributed by atoms with Crippen LogP contribution in [0.5, 0.6) is 0 Å². The lowest BCUT2D eigenvalue weighted by Crippen LogP contribution is -2.37. The molecule has 1 aromatic heterocycles. The second kappa shape index (κ2) is 8.67. The zero-order chi connectivity index (χ0) is 18.2. The minimum absolute atomic E-state index is 0.0539. The van der Waals surface area contributed by atoms with E-state index in [2.05, 4.69) is 10.6 Å². The fraction of sp³-hybridized carbons (Fsp3) is 0.143. The van der Waals surface area contributed by atoms with E-state index in [1.54, 1.807) is 18.4 Å². The van der Waals surface area contributed by atoms with Gasteiger partial charge in [0.15, 0.2) is 0 Å². The van der Waals surface area contributed by atoms with E-state index in [-0.39, 0.29) is 24.8 Å². The van der Waals surface area contributed by atoms with Crippen LogP contribution in [-0.4, -0.2) is 18.4 Å². The van der Waals surface area contributed by atoms with E-state index < -0.39 is 0 Å². The van der Waals surface area contributed by atoms with Crippen LogP contribution in [0.15, 0.2) is 77.4 Å². The molecule has 2 aromatic carbocycles. The lowest BCUT2D eigenvalue weighted by Gasteiger charge is -2.07. The van der Waals surface area contributed by atoms with Gasteiger partial charge in [0.05, 0.1) is 25.8 Å². The highest BCUT2D eigenvalue weighted by atomic mass is 16.3. The molecule has 0 saturated carbocycles. The summed E-state index contributed by atoms with van der Waals surface area (Å²) in [7, 11) is 0. The third-order valence-electron chi connectivity index (χ3n) is 3.91. The van der Waals surface area contributed by atoms with Crippen molar-refractivity contribution in [2.45, 2.75) is 13.0 Å². The summed E-state index contributed by atoms with van der Waals surface area (Å²) in [4.78, 5) is 23.7. The standard InChI is InChI=1S/C21H20N2O3/c24-20(23-15-21(25)22-14-19-7-4-12-26-19)13-16-8-10-18(11-9-16)17-5-2-1-3-6-17/h1-12H,13-15H2,(H,22,25)(H,23,24). The third-order valence-corrected chi connectivity index (χ3v) is 3.91. The normalized spacial score (nSPS) is 10.3. The Morgan fingerprint density at radius 3 is 2.19 bits per heavy atom. The maximum Gasteiger partial charge on any atom is 0.239 e. The smallest absolute Gasteiger partial charge is 0.239 e. The molecule has 5 heteroatoms. The number of furan rings is 1. The molecule has 2 N–H and O–H groups in total. The molecule has 0 spiro atoms. The number of benzene rings is 2. The Labute approximate surface area is 152 Å². The highest BCUT2D eigenvalue weighted by molar-refractivity contribution is 5.85. The summed E-state index contributed by atoms with van der Waals surface area (Å²) in [5.74, 6) is 0.225. The maximum atomic E-state index is 12.0. The van der Waals surface area contributed by atoms with E-state index in [0.29, 0.717) is 12.3 Å². The van der Waals surface area contributed by atoms with Gasteiger partial charge in [0.1, 0.15) is 5.76 Å². The summed E-state index contributed by atoms with van der Waals surface area (Å²) < 4.78 is 5.13. The number of hydrogen-bond acceptors (Lipinski definition) is 3. The maximum absolute atomic E-state index is 12.0. The zero-order valence-corrected chi connectivity index (χ0v) is 14.3.